The van der Waals surface area contributed by atoms with E-state index in [2.05, 4.69) is 20.8 Å². The van der Waals surface area contributed by atoms with Crippen LogP contribution in [-0.2, 0) is 4.79 Å². The van der Waals surface area contributed by atoms with E-state index in [4.69, 9.17) is 20.9 Å². The zero-order valence-corrected chi connectivity index (χ0v) is 17.6. The maximum atomic E-state index is 12.1. The molecular formula is C23H19ClN4O4. The van der Waals surface area contributed by atoms with E-state index in [-0.39, 0.29) is 37.3 Å². The molecule has 0 atom stereocenters. The summed E-state index contributed by atoms with van der Waals surface area (Å²) in [7, 11) is 0. The SMILES string of the molecule is O=C(COc1ccc2ccccc2c1)NCCNC(=O)c1nc(-c2ccc(Cl)cc2)no1. The van der Waals surface area contributed by atoms with Crippen molar-refractivity contribution in [2.45, 2.75) is 0 Å². The van der Waals surface area contributed by atoms with Gasteiger partial charge in [-0.3, -0.25) is 9.59 Å². The van der Waals surface area contributed by atoms with E-state index in [1.807, 2.05) is 42.5 Å². The van der Waals surface area contributed by atoms with Crippen LogP contribution in [0.2, 0.25) is 5.02 Å². The van der Waals surface area contributed by atoms with E-state index in [0.717, 1.165) is 10.8 Å². The molecule has 2 N–H and O–H groups in total. The smallest absolute Gasteiger partial charge is 0.316 e. The average molecular weight is 451 g/mol. The minimum atomic E-state index is -0.528. The molecule has 3 aromatic carbocycles. The summed E-state index contributed by atoms with van der Waals surface area (Å²) in [6.45, 7) is 0.295. The van der Waals surface area contributed by atoms with Crippen LogP contribution in [0, 0.1) is 0 Å². The Labute approximate surface area is 188 Å². The lowest BCUT2D eigenvalue weighted by Gasteiger charge is -2.08. The number of nitrogens with zero attached hydrogens (tertiary/aromatic N) is 2. The maximum absolute atomic E-state index is 12.1. The van der Waals surface area contributed by atoms with Gasteiger partial charge in [0.1, 0.15) is 5.75 Å². The predicted octanol–water partition coefficient (Wildman–Crippen LogP) is 3.47. The highest BCUT2D eigenvalue weighted by molar-refractivity contribution is 6.30. The van der Waals surface area contributed by atoms with E-state index in [1.165, 1.54) is 0 Å². The molecule has 9 heteroatoms. The van der Waals surface area contributed by atoms with E-state index < -0.39 is 5.91 Å². The molecule has 8 nitrogen and oxygen atoms in total. The summed E-state index contributed by atoms with van der Waals surface area (Å²) in [5, 5.41) is 11.8. The van der Waals surface area contributed by atoms with Crippen molar-refractivity contribution in [1.29, 1.82) is 0 Å². The molecule has 1 aromatic heterocycles. The molecule has 0 radical (unpaired) electrons. The van der Waals surface area contributed by atoms with Gasteiger partial charge in [0, 0.05) is 23.7 Å². The first-order chi connectivity index (χ1) is 15.6. The zero-order chi connectivity index (χ0) is 22.3. The first kappa shape index (κ1) is 21.3. The fourth-order valence-corrected chi connectivity index (χ4v) is 3.07. The van der Waals surface area contributed by atoms with Crippen LogP contribution < -0.4 is 15.4 Å². The van der Waals surface area contributed by atoms with Gasteiger partial charge in [-0.05, 0) is 47.2 Å². The number of amides is 2. The van der Waals surface area contributed by atoms with Crippen LogP contribution in [-0.4, -0.2) is 41.7 Å². The summed E-state index contributed by atoms with van der Waals surface area (Å²) in [6, 6.07) is 20.4. The molecule has 0 unspecified atom stereocenters. The monoisotopic (exact) mass is 450 g/mol. The largest absolute Gasteiger partial charge is 0.484 e. The third kappa shape index (κ3) is 5.41. The molecule has 0 aliphatic heterocycles. The number of aromatic nitrogens is 2. The van der Waals surface area contributed by atoms with E-state index in [9.17, 15) is 9.59 Å². The summed E-state index contributed by atoms with van der Waals surface area (Å²) >= 11 is 5.85. The molecule has 4 rings (SSSR count). The predicted molar refractivity (Wildman–Crippen MR) is 120 cm³/mol. The maximum Gasteiger partial charge on any atom is 0.316 e. The van der Waals surface area contributed by atoms with Gasteiger partial charge in [0.2, 0.25) is 5.82 Å². The highest BCUT2D eigenvalue weighted by Crippen LogP contribution is 2.20. The Kier molecular flexibility index (Phi) is 6.62. The third-order valence-electron chi connectivity index (χ3n) is 4.55. The van der Waals surface area contributed by atoms with Crippen LogP contribution in [0.25, 0.3) is 22.2 Å². The molecule has 0 aliphatic carbocycles. The summed E-state index contributed by atoms with van der Waals surface area (Å²) in [5.41, 5.74) is 0.677. The van der Waals surface area contributed by atoms with Crippen molar-refractivity contribution in [2.75, 3.05) is 19.7 Å². The van der Waals surface area contributed by atoms with Gasteiger partial charge in [-0.2, -0.15) is 4.98 Å². The molecule has 0 spiro atoms. The number of hydrogen-bond donors (Lipinski definition) is 2. The summed E-state index contributed by atoms with van der Waals surface area (Å²) in [6.07, 6.45) is 0. The molecule has 0 bridgehead atoms. The van der Waals surface area contributed by atoms with Crippen LogP contribution in [0.4, 0.5) is 0 Å². The van der Waals surface area contributed by atoms with E-state index >= 15 is 0 Å². The second kappa shape index (κ2) is 9.93. The normalized spacial score (nSPS) is 10.7. The minimum absolute atomic E-state index is 0.125. The number of ether oxygens (including phenoxy) is 1. The van der Waals surface area contributed by atoms with Gasteiger partial charge >= 0.3 is 11.8 Å². The third-order valence-corrected chi connectivity index (χ3v) is 4.80. The van der Waals surface area contributed by atoms with Gasteiger partial charge in [0.25, 0.3) is 5.91 Å². The van der Waals surface area contributed by atoms with Gasteiger partial charge in [0.15, 0.2) is 6.61 Å². The molecule has 0 fully saturated rings. The Morgan fingerprint density at radius 1 is 0.938 bits per heavy atom. The lowest BCUT2D eigenvalue weighted by molar-refractivity contribution is -0.123. The first-order valence-electron chi connectivity index (χ1n) is 9.84. The highest BCUT2D eigenvalue weighted by Gasteiger charge is 2.15. The Morgan fingerprint density at radius 3 is 2.50 bits per heavy atom. The summed E-state index contributed by atoms with van der Waals surface area (Å²) < 4.78 is 10.5. The minimum Gasteiger partial charge on any atom is -0.484 e. The van der Waals surface area contributed by atoms with Crippen LogP contribution in [0.3, 0.4) is 0 Å². The molecule has 0 saturated heterocycles. The standard InChI is InChI=1S/C23H19ClN4O4/c24-18-8-5-16(6-9-18)21-27-23(32-28-21)22(30)26-12-11-25-20(29)14-31-19-10-7-15-3-1-2-4-17(15)13-19/h1-10,13H,11-12,14H2,(H,25,29)(H,26,30). The quantitative estimate of drug-likeness (QED) is 0.398. The van der Waals surface area contributed by atoms with Crippen molar-refractivity contribution >= 4 is 34.2 Å². The fraction of sp³-hybridized carbons (Fsp3) is 0.130. The van der Waals surface area contributed by atoms with Crippen LogP contribution in [0.15, 0.2) is 71.3 Å². The van der Waals surface area contributed by atoms with Crippen molar-refractivity contribution in [3.05, 3.63) is 77.6 Å². The molecule has 2 amide bonds. The first-order valence-corrected chi connectivity index (χ1v) is 10.2. The molecule has 1 heterocycles. The van der Waals surface area contributed by atoms with Gasteiger partial charge in [0.05, 0.1) is 0 Å². The van der Waals surface area contributed by atoms with Gasteiger partial charge in [-0.15, -0.1) is 0 Å². The average Bonchev–Trinajstić information content (AvgIpc) is 3.31. The molecule has 162 valence electrons. The number of halogens is 1. The molecule has 0 aliphatic rings. The number of rotatable bonds is 8. The van der Waals surface area contributed by atoms with Crippen LogP contribution in [0.5, 0.6) is 5.75 Å². The van der Waals surface area contributed by atoms with Crippen molar-refractivity contribution in [2.24, 2.45) is 0 Å². The van der Waals surface area contributed by atoms with Gasteiger partial charge in [-0.25, -0.2) is 0 Å². The van der Waals surface area contributed by atoms with Crippen molar-refractivity contribution in [1.82, 2.24) is 20.8 Å². The molecular weight excluding hydrogens is 432 g/mol. The number of benzene rings is 3. The lowest BCUT2D eigenvalue weighted by Crippen LogP contribution is -2.36. The van der Waals surface area contributed by atoms with Crippen molar-refractivity contribution < 1.29 is 18.8 Å². The van der Waals surface area contributed by atoms with E-state index in [0.29, 0.717) is 16.3 Å². The second-order valence-electron chi connectivity index (χ2n) is 6.83. The van der Waals surface area contributed by atoms with Gasteiger partial charge < -0.3 is 19.9 Å². The second-order valence-corrected chi connectivity index (χ2v) is 7.27. The fourth-order valence-electron chi connectivity index (χ4n) is 2.94. The Hall–Kier alpha value is -3.91. The number of carbonyl (C=O) groups is 2. The van der Waals surface area contributed by atoms with Gasteiger partial charge in [-0.1, -0.05) is 47.1 Å². The zero-order valence-electron chi connectivity index (χ0n) is 16.9. The number of fused-ring (bicyclic) bond motifs is 1. The molecule has 4 aromatic rings. The summed E-state index contributed by atoms with van der Waals surface area (Å²) in [4.78, 5) is 28.2. The van der Waals surface area contributed by atoms with Crippen LogP contribution in [0.1, 0.15) is 10.7 Å². The molecule has 0 saturated carbocycles. The Balaban J connectivity index is 1.19. The number of hydrogen-bond acceptors (Lipinski definition) is 6. The lowest BCUT2D eigenvalue weighted by atomic mass is 10.1. The van der Waals surface area contributed by atoms with Crippen LogP contribution >= 0.6 is 11.6 Å². The molecule has 32 heavy (non-hydrogen) atoms. The van der Waals surface area contributed by atoms with Crippen molar-refractivity contribution in [3.8, 4) is 17.1 Å². The number of nitrogens with one attached hydrogen (secondary N) is 2. The number of carbonyl (C=O) groups excluding carboxylic acids is 2. The van der Waals surface area contributed by atoms with Crippen molar-refractivity contribution in [3.63, 3.8) is 0 Å². The Morgan fingerprint density at radius 2 is 1.69 bits per heavy atom. The Bertz CT molecular complexity index is 1240. The van der Waals surface area contributed by atoms with E-state index in [1.54, 1.807) is 24.3 Å². The summed E-state index contributed by atoms with van der Waals surface area (Å²) in [5.74, 6) is -0.0958. The topological polar surface area (TPSA) is 106 Å². The highest BCUT2D eigenvalue weighted by atomic mass is 35.5.